The summed E-state index contributed by atoms with van der Waals surface area (Å²) < 4.78 is 6.61. The monoisotopic (exact) mass is 370 g/mol. The van der Waals surface area contributed by atoms with E-state index in [4.69, 9.17) is 4.74 Å². The van der Waals surface area contributed by atoms with Crippen molar-refractivity contribution in [3.05, 3.63) is 51.9 Å². The van der Waals surface area contributed by atoms with Gasteiger partial charge in [-0.05, 0) is 25.8 Å². The molecular weight excluding hydrogens is 348 g/mol. The third-order valence-corrected chi connectivity index (χ3v) is 5.27. The van der Waals surface area contributed by atoms with Crippen molar-refractivity contribution in [1.29, 1.82) is 0 Å². The first-order valence-electron chi connectivity index (χ1n) is 8.75. The van der Waals surface area contributed by atoms with Crippen molar-refractivity contribution >= 4 is 27.5 Å². The van der Waals surface area contributed by atoms with Gasteiger partial charge < -0.3 is 4.74 Å². The van der Waals surface area contributed by atoms with Gasteiger partial charge in [0.1, 0.15) is 10.9 Å². The van der Waals surface area contributed by atoms with E-state index in [9.17, 15) is 9.59 Å². The number of carbonyl (C=O) groups is 1. The maximum absolute atomic E-state index is 13.0. The fourth-order valence-corrected chi connectivity index (χ4v) is 3.62. The molecule has 0 spiro atoms. The first-order chi connectivity index (χ1) is 12.5. The van der Waals surface area contributed by atoms with Crippen molar-refractivity contribution in [3.8, 4) is 11.1 Å². The smallest absolute Gasteiger partial charge is 0.328 e. The van der Waals surface area contributed by atoms with E-state index in [0.29, 0.717) is 16.8 Å². The number of hydrogen-bond acceptors (Lipinski definition) is 5. The Bertz CT molecular complexity index is 973. The molecule has 0 bridgehead atoms. The van der Waals surface area contributed by atoms with Gasteiger partial charge in [-0.15, -0.1) is 11.3 Å². The predicted octanol–water partition coefficient (Wildman–Crippen LogP) is 4.34. The number of esters is 1. The zero-order valence-electron chi connectivity index (χ0n) is 15.2. The normalized spacial score (nSPS) is 12.3. The quantitative estimate of drug-likeness (QED) is 0.478. The van der Waals surface area contributed by atoms with Gasteiger partial charge >= 0.3 is 5.97 Å². The number of rotatable bonds is 6. The summed E-state index contributed by atoms with van der Waals surface area (Å²) >= 11 is 1.43. The first-order valence-corrected chi connectivity index (χ1v) is 9.63. The Kier molecular flexibility index (Phi) is 5.52. The Morgan fingerprint density at radius 2 is 2.04 bits per heavy atom. The second-order valence-corrected chi connectivity index (χ2v) is 7.21. The summed E-state index contributed by atoms with van der Waals surface area (Å²) in [7, 11) is 0. The molecule has 0 aliphatic heterocycles. The number of nitrogens with zero attached hydrogens (tertiary/aromatic N) is 2. The lowest BCUT2D eigenvalue weighted by Gasteiger charge is -2.14. The lowest BCUT2D eigenvalue weighted by molar-refractivity contribution is -0.147. The van der Waals surface area contributed by atoms with Crippen LogP contribution in [-0.4, -0.2) is 22.1 Å². The van der Waals surface area contributed by atoms with Gasteiger partial charge in [0.25, 0.3) is 5.56 Å². The van der Waals surface area contributed by atoms with E-state index < -0.39 is 12.0 Å². The van der Waals surface area contributed by atoms with Crippen LogP contribution in [0.15, 0.2) is 40.8 Å². The van der Waals surface area contributed by atoms with E-state index in [1.807, 2.05) is 43.5 Å². The van der Waals surface area contributed by atoms with Crippen LogP contribution in [-0.2, 0) is 9.53 Å². The van der Waals surface area contributed by atoms with Gasteiger partial charge in [-0.2, -0.15) is 0 Å². The second kappa shape index (κ2) is 7.83. The van der Waals surface area contributed by atoms with Gasteiger partial charge in [-0.1, -0.05) is 43.2 Å². The lowest BCUT2D eigenvalue weighted by atomic mass is 10.1. The molecule has 2 aromatic heterocycles. The molecule has 26 heavy (non-hydrogen) atoms. The van der Waals surface area contributed by atoms with Crippen molar-refractivity contribution in [3.63, 3.8) is 0 Å². The highest BCUT2D eigenvalue weighted by Gasteiger charge is 2.21. The largest absolute Gasteiger partial charge is 0.464 e. The average Bonchev–Trinajstić information content (AvgIpc) is 3.07. The molecular formula is C20H22N2O3S. The highest BCUT2D eigenvalue weighted by molar-refractivity contribution is 7.17. The number of unbranched alkanes of at least 4 members (excludes halogenated alkanes) is 1. The van der Waals surface area contributed by atoms with Crippen LogP contribution in [0.1, 0.15) is 38.3 Å². The van der Waals surface area contributed by atoms with Gasteiger partial charge in [0.2, 0.25) is 0 Å². The number of hydrogen-bond donors (Lipinski definition) is 0. The summed E-state index contributed by atoms with van der Waals surface area (Å²) in [5, 5.41) is 2.49. The minimum atomic E-state index is -0.706. The van der Waals surface area contributed by atoms with Crippen molar-refractivity contribution in [2.75, 3.05) is 6.61 Å². The number of ether oxygens (including phenoxy) is 1. The van der Waals surface area contributed by atoms with Crippen LogP contribution in [0.3, 0.4) is 0 Å². The van der Waals surface area contributed by atoms with E-state index in [0.717, 1.165) is 29.5 Å². The van der Waals surface area contributed by atoms with E-state index in [1.54, 1.807) is 6.92 Å². The molecule has 136 valence electrons. The molecule has 0 aliphatic carbocycles. The van der Waals surface area contributed by atoms with Crippen LogP contribution in [0, 0.1) is 6.92 Å². The summed E-state index contributed by atoms with van der Waals surface area (Å²) in [6.07, 6.45) is 3.20. The third-order valence-electron chi connectivity index (χ3n) is 4.38. The molecule has 2 heterocycles. The van der Waals surface area contributed by atoms with Crippen molar-refractivity contribution in [2.45, 2.75) is 39.7 Å². The molecule has 0 N–H and O–H groups in total. The van der Waals surface area contributed by atoms with E-state index in [-0.39, 0.29) is 5.56 Å². The summed E-state index contributed by atoms with van der Waals surface area (Å²) in [5.41, 5.74) is 2.76. The molecule has 6 heteroatoms. The van der Waals surface area contributed by atoms with Crippen LogP contribution < -0.4 is 5.56 Å². The molecule has 5 nitrogen and oxygen atoms in total. The summed E-state index contributed by atoms with van der Waals surface area (Å²) in [6.45, 7) is 6.09. The Hall–Kier alpha value is -2.47. The van der Waals surface area contributed by atoms with E-state index in [1.165, 1.54) is 22.2 Å². The fraction of sp³-hybridized carbons (Fsp3) is 0.350. The zero-order chi connectivity index (χ0) is 18.7. The number of carbonyl (C=O) groups excluding carboxylic acids is 1. The number of fused-ring (bicyclic) bond motifs is 1. The highest BCUT2D eigenvalue weighted by atomic mass is 32.1. The second-order valence-electron chi connectivity index (χ2n) is 6.35. The van der Waals surface area contributed by atoms with Gasteiger partial charge in [0, 0.05) is 10.9 Å². The van der Waals surface area contributed by atoms with E-state index >= 15 is 0 Å². The molecule has 0 saturated carbocycles. The lowest BCUT2D eigenvalue weighted by Crippen LogP contribution is -2.29. The maximum atomic E-state index is 13.0. The SMILES string of the molecule is CCCCOC(=O)C(C)n1cnc2scc(-c3ccc(C)cc3)c2c1=O. The van der Waals surface area contributed by atoms with Crippen molar-refractivity contribution in [2.24, 2.45) is 0 Å². The van der Waals surface area contributed by atoms with Crippen LogP contribution in [0.2, 0.25) is 0 Å². The molecule has 1 atom stereocenters. The van der Waals surface area contributed by atoms with Crippen molar-refractivity contribution in [1.82, 2.24) is 9.55 Å². The summed E-state index contributed by atoms with van der Waals surface area (Å²) in [4.78, 5) is 30.3. The number of aryl methyl sites for hydroxylation is 1. The van der Waals surface area contributed by atoms with E-state index in [2.05, 4.69) is 4.98 Å². The molecule has 0 aliphatic rings. The minimum absolute atomic E-state index is 0.216. The fourth-order valence-electron chi connectivity index (χ4n) is 2.72. The minimum Gasteiger partial charge on any atom is -0.464 e. The van der Waals surface area contributed by atoms with Gasteiger partial charge in [0.15, 0.2) is 0 Å². The number of thiophene rings is 1. The van der Waals surface area contributed by atoms with Gasteiger partial charge in [-0.25, -0.2) is 9.78 Å². The summed E-state index contributed by atoms with van der Waals surface area (Å²) in [5.74, 6) is -0.409. The van der Waals surface area contributed by atoms with Crippen LogP contribution in [0.5, 0.6) is 0 Å². The summed E-state index contributed by atoms with van der Waals surface area (Å²) in [6, 6.07) is 7.32. The molecule has 0 amide bonds. The first kappa shape index (κ1) is 18.3. The van der Waals surface area contributed by atoms with Crippen LogP contribution in [0.25, 0.3) is 21.3 Å². The maximum Gasteiger partial charge on any atom is 0.328 e. The topological polar surface area (TPSA) is 61.2 Å². The standard InChI is InChI=1S/C20H22N2O3S/c1-4-5-10-25-20(24)14(3)22-12-21-18-17(19(22)23)16(11-26-18)15-8-6-13(2)7-9-15/h6-9,11-12,14H,4-5,10H2,1-3H3. The molecule has 3 rings (SSSR count). The predicted molar refractivity (Wildman–Crippen MR) is 105 cm³/mol. The molecule has 3 aromatic rings. The van der Waals surface area contributed by atoms with Gasteiger partial charge in [0.05, 0.1) is 18.3 Å². The molecule has 0 radical (unpaired) electrons. The number of aromatic nitrogens is 2. The molecule has 1 unspecified atom stereocenters. The molecule has 0 saturated heterocycles. The number of benzene rings is 1. The van der Waals surface area contributed by atoms with Crippen LogP contribution in [0.4, 0.5) is 0 Å². The van der Waals surface area contributed by atoms with Crippen LogP contribution >= 0.6 is 11.3 Å². The molecule has 0 fully saturated rings. The van der Waals surface area contributed by atoms with Crippen molar-refractivity contribution < 1.29 is 9.53 Å². The molecule has 1 aromatic carbocycles. The highest BCUT2D eigenvalue weighted by Crippen LogP contribution is 2.31. The Balaban J connectivity index is 2.00. The Labute approximate surface area is 156 Å². The Morgan fingerprint density at radius 3 is 2.73 bits per heavy atom. The Morgan fingerprint density at radius 1 is 1.31 bits per heavy atom. The average molecular weight is 370 g/mol. The van der Waals surface area contributed by atoms with Gasteiger partial charge in [-0.3, -0.25) is 9.36 Å². The third kappa shape index (κ3) is 3.55. The zero-order valence-corrected chi connectivity index (χ0v) is 16.0.